The Hall–Kier alpha value is -4.65. The first-order valence-electron chi connectivity index (χ1n) is 11.4. The number of aromatic nitrogens is 3. The molecule has 0 radical (unpaired) electrons. The third kappa shape index (κ3) is 4.99. The van der Waals surface area contributed by atoms with Crippen LogP contribution in [0.2, 0.25) is 0 Å². The highest BCUT2D eigenvalue weighted by Gasteiger charge is 2.15. The van der Waals surface area contributed by atoms with Crippen LogP contribution in [-0.2, 0) is 6.42 Å². The van der Waals surface area contributed by atoms with E-state index >= 15 is 0 Å². The van der Waals surface area contributed by atoms with Gasteiger partial charge >= 0.3 is 0 Å². The number of benzene rings is 3. The van der Waals surface area contributed by atoms with Crippen LogP contribution in [0.4, 0.5) is 11.5 Å². The van der Waals surface area contributed by atoms with E-state index in [-0.39, 0.29) is 5.91 Å². The van der Waals surface area contributed by atoms with Crippen molar-refractivity contribution >= 4 is 23.1 Å². The lowest BCUT2D eigenvalue weighted by molar-refractivity contribution is 0.0954. The SMILES string of the molecule is COc1ccc(-c2nc3cnccn3c2Nc2ccc(C(=O)NCCc3ccccc3)cc2)cc1. The Morgan fingerprint density at radius 2 is 1.74 bits per heavy atom. The molecule has 0 aliphatic carbocycles. The molecule has 1 amide bonds. The van der Waals surface area contributed by atoms with E-state index in [1.165, 1.54) is 5.56 Å². The van der Waals surface area contributed by atoms with E-state index in [9.17, 15) is 4.79 Å². The van der Waals surface area contributed by atoms with Crippen LogP contribution in [0.5, 0.6) is 5.75 Å². The molecule has 3 aromatic carbocycles. The van der Waals surface area contributed by atoms with Crippen LogP contribution in [0, 0.1) is 0 Å². The van der Waals surface area contributed by atoms with Gasteiger partial charge in [-0.1, -0.05) is 30.3 Å². The third-order valence-electron chi connectivity index (χ3n) is 5.75. The molecule has 2 heterocycles. The van der Waals surface area contributed by atoms with Crippen molar-refractivity contribution in [3.63, 3.8) is 0 Å². The number of fused-ring (bicyclic) bond motifs is 1. The third-order valence-corrected chi connectivity index (χ3v) is 5.75. The fraction of sp³-hybridized carbons (Fsp3) is 0.107. The molecule has 5 rings (SSSR count). The number of nitrogens with zero attached hydrogens (tertiary/aromatic N) is 3. The van der Waals surface area contributed by atoms with Crippen molar-refractivity contribution in [3.05, 3.63) is 109 Å². The monoisotopic (exact) mass is 463 g/mol. The van der Waals surface area contributed by atoms with Crippen LogP contribution in [-0.4, -0.2) is 33.9 Å². The molecule has 0 unspecified atom stereocenters. The first kappa shape index (κ1) is 22.2. The molecule has 5 aromatic rings. The zero-order valence-electron chi connectivity index (χ0n) is 19.3. The van der Waals surface area contributed by atoms with E-state index in [2.05, 4.69) is 27.8 Å². The maximum atomic E-state index is 12.6. The van der Waals surface area contributed by atoms with Crippen molar-refractivity contribution in [1.82, 2.24) is 19.7 Å². The van der Waals surface area contributed by atoms with E-state index in [1.807, 2.05) is 77.3 Å². The normalized spacial score (nSPS) is 10.8. The molecule has 2 N–H and O–H groups in total. The van der Waals surface area contributed by atoms with Gasteiger partial charge in [-0.05, 0) is 60.5 Å². The Balaban J connectivity index is 1.33. The predicted molar refractivity (Wildman–Crippen MR) is 137 cm³/mol. The van der Waals surface area contributed by atoms with Gasteiger partial charge in [0.25, 0.3) is 5.91 Å². The van der Waals surface area contributed by atoms with Gasteiger partial charge < -0.3 is 15.4 Å². The van der Waals surface area contributed by atoms with E-state index < -0.39 is 0 Å². The molecule has 0 bridgehead atoms. The molecule has 2 aromatic heterocycles. The number of hydrogen-bond acceptors (Lipinski definition) is 5. The number of carbonyl (C=O) groups is 1. The number of ether oxygens (including phenoxy) is 1. The van der Waals surface area contributed by atoms with E-state index in [0.717, 1.165) is 40.6 Å². The highest BCUT2D eigenvalue weighted by molar-refractivity contribution is 5.94. The van der Waals surface area contributed by atoms with Gasteiger partial charge in [-0.2, -0.15) is 0 Å². The van der Waals surface area contributed by atoms with Gasteiger partial charge in [0, 0.05) is 35.8 Å². The van der Waals surface area contributed by atoms with Gasteiger partial charge in [0.15, 0.2) is 5.65 Å². The zero-order chi connectivity index (χ0) is 24.0. The lowest BCUT2D eigenvalue weighted by atomic mass is 10.1. The van der Waals surface area contributed by atoms with Crippen molar-refractivity contribution in [2.45, 2.75) is 6.42 Å². The second kappa shape index (κ2) is 10.1. The van der Waals surface area contributed by atoms with E-state index in [4.69, 9.17) is 9.72 Å². The summed E-state index contributed by atoms with van der Waals surface area (Å²) in [6.07, 6.45) is 6.11. The summed E-state index contributed by atoms with van der Waals surface area (Å²) in [4.78, 5) is 21.5. The molecule has 0 atom stereocenters. The molecule has 0 aliphatic rings. The number of carbonyl (C=O) groups excluding carboxylic acids is 1. The quantitative estimate of drug-likeness (QED) is 0.334. The largest absolute Gasteiger partial charge is 0.497 e. The molecule has 0 fully saturated rings. The molecule has 0 saturated heterocycles. The first-order valence-corrected chi connectivity index (χ1v) is 11.4. The molecule has 0 saturated carbocycles. The number of anilines is 2. The van der Waals surface area contributed by atoms with Crippen molar-refractivity contribution in [2.75, 3.05) is 19.0 Å². The van der Waals surface area contributed by atoms with Crippen LogP contribution >= 0.6 is 0 Å². The molecule has 0 spiro atoms. The lowest BCUT2D eigenvalue weighted by Gasteiger charge is -2.10. The Morgan fingerprint density at radius 3 is 2.49 bits per heavy atom. The summed E-state index contributed by atoms with van der Waals surface area (Å²) >= 11 is 0. The number of hydrogen-bond donors (Lipinski definition) is 2. The van der Waals surface area contributed by atoms with Crippen molar-refractivity contribution in [1.29, 1.82) is 0 Å². The number of rotatable bonds is 8. The summed E-state index contributed by atoms with van der Waals surface area (Å²) in [6.45, 7) is 0.587. The standard InChI is InChI=1S/C28H25N5O2/c1-35-24-13-9-21(10-14-24)26-27(33-18-17-29-19-25(33)32-26)31-23-11-7-22(8-12-23)28(34)30-16-15-20-5-3-2-4-6-20/h2-14,17-19,31H,15-16H2,1H3,(H,30,34). The van der Waals surface area contributed by atoms with Crippen molar-refractivity contribution in [2.24, 2.45) is 0 Å². The Bertz CT molecular complexity index is 1430. The van der Waals surface area contributed by atoms with Crippen molar-refractivity contribution in [3.8, 4) is 17.0 Å². The zero-order valence-corrected chi connectivity index (χ0v) is 19.3. The van der Waals surface area contributed by atoms with E-state index in [1.54, 1.807) is 19.5 Å². The summed E-state index contributed by atoms with van der Waals surface area (Å²) in [7, 11) is 1.64. The average Bonchev–Trinajstić information content (AvgIpc) is 3.28. The number of imidazole rings is 1. The smallest absolute Gasteiger partial charge is 0.251 e. The summed E-state index contributed by atoms with van der Waals surface area (Å²) < 4.78 is 7.24. The first-order chi connectivity index (χ1) is 17.2. The molecular weight excluding hydrogens is 438 g/mol. The van der Waals surface area contributed by atoms with Gasteiger partial charge in [0.1, 0.15) is 17.3 Å². The van der Waals surface area contributed by atoms with Crippen LogP contribution in [0.15, 0.2) is 97.5 Å². The van der Waals surface area contributed by atoms with Gasteiger partial charge in [-0.15, -0.1) is 0 Å². The fourth-order valence-corrected chi connectivity index (χ4v) is 3.89. The minimum absolute atomic E-state index is 0.0905. The maximum absolute atomic E-state index is 12.6. The maximum Gasteiger partial charge on any atom is 0.251 e. The second-order valence-corrected chi connectivity index (χ2v) is 8.04. The van der Waals surface area contributed by atoms with Gasteiger partial charge in [0.2, 0.25) is 0 Å². The molecule has 7 nitrogen and oxygen atoms in total. The minimum atomic E-state index is -0.0905. The summed E-state index contributed by atoms with van der Waals surface area (Å²) in [5.41, 5.74) is 5.13. The Morgan fingerprint density at radius 1 is 0.971 bits per heavy atom. The average molecular weight is 464 g/mol. The van der Waals surface area contributed by atoms with E-state index in [0.29, 0.717) is 12.1 Å². The van der Waals surface area contributed by atoms with Crippen LogP contribution < -0.4 is 15.4 Å². The second-order valence-electron chi connectivity index (χ2n) is 8.04. The van der Waals surface area contributed by atoms with Crippen LogP contribution in [0.3, 0.4) is 0 Å². The Labute approximate surface area is 203 Å². The molecule has 0 aliphatic heterocycles. The molecule has 174 valence electrons. The fourth-order valence-electron chi connectivity index (χ4n) is 3.89. The number of nitrogens with one attached hydrogen (secondary N) is 2. The number of methoxy groups -OCH3 is 1. The summed E-state index contributed by atoms with van der Waals surface area (Å²) in [5.74, 6) is 1.51. The van der Waals surface area contributed by atoms with Crippen molar-refractivity contribution < 1.29 is 9.53 Å². The highest BCUT2D eigenvalue weighted by Crippen LogP contribution is 2.32. The molecular formula is C28H25N5O2. The highest BCUT2D eigenvalue weighted by atomic mass is 16.5. The summed E-state index contributed by atoms with van der Waals surface area (Å²) in [5, 5.41) is 6.45. The topological polar surface area (TPSA) is 80.6 Å². The van der Waals surface area contributed by atoms with Gasteiger partial charge in [-0.25, -0.2) is 4.98 Å². The predicted octanol–water partition coefficient (Wildman–Crippen LogP) is 5.12. The summed E-state index contributed by atoms with van der Waals surface area (Å²) in [6, 6.07) is 25.3. The van der Waals surface area contributed by atoms with Gasteiger partial charge in [0.05, 0.1) is 13.3 Å². The molecule has 35 heavy (non-hydrogen) atoms. The van der Waals surface area contributed by atoms with Gasteiger partial charge in [-0.3, -0.25) is 14.2 Å². The van der Waals surface area contributed by atoms with Crippen LogP contribution in [0.1, 0.15) is 15.9 Å². The molecule has 7 heteroatoms. The lowest BCUT2D eigenvalue weighted by Crippen LogP contribution is -2.25. The number of amides is 1. The minimum Gasteiger partial charge on any atom is -0.497 e. The Kier molecular flexibility index (Phi) is 6.39. The van der Waals surface area contributed by atoms with Crippen LogP contribution in [0.25, 0.3) is 16.9 Å².